The van der Waals surface area contributed by atoms with E-state index in [1.54, 1.807) is 36.6 Å². The highest BCUT2D eigenvalue weighted by Crippen LogP contribution is 2.44. The molecule has 5 heteroatoms. The number of aryl methyl sites for hydroxylation is 1. The van der Waals surface area contributed by atoms with E-state index in [0.29, 0.717) is 17.2 Å². The first kappa shape index (κ1) is 17.6. The van der Waals surface area contributed by atoms with Crippen LogP contribution < -0.4 is 10.6 Å². The average Bonchev–Trinajstić information content (AvgIpc) is 3.39. The third kappa shape index (κ3) is 3.97. The monoisotopic (exact) mass is 364 g/mol. The molecule has 2 fully saturated rings. The predicted octanol–water partition coefficient (Wildman–Crippen LogP) is 3.66. The van der Waals surface area contributed by atoms with Gasteiger partial charge in [-0.2, -0.15) is 0 Å². The van der Waals surface area contributed by atoms with Crippen LogP contribution in [0.2, 0.25) is 0 Å². The highest BCUT2D eigenvalue weighted by atomic mass is 16.3. The maximum absolute atomic E-state index is 12.9. The summed E-state index contributed by atoms with van der Waals surface area (Å²) in [5, 5.41) is 5.89. The summed E-state index contributed by atoms with van der Waals surface area (Å²) in [4.78, 5) is 25.5. The topological polar surface area (TPSA) is 71.3 Å². The van der Waals surface area contributed by atoms with Crippen molar-refractivity contribution < 1.29 is 14.0 Å². The number of hydrogen-bond acceptors (Lipinski definition) is 3. The Balaban J connectivity index is 1.52. The molecule has 2 saturated carbocycles. The van der Waals surface area contributed by atoms with Gasteiger partial charge in [-0.15, -0.1) is 0 Å². The van der Waals surface area contributed by atoms with Gasteiger partial charge in [0.25, 0.3) is 11.8 Å². The van der Waals surface area contributed by atoms with E-state index in [-0.39, 0.29) is 23.6 Å². The molecule has 0 unspecified atom stereocenters. The Bertz CT molecular complexity index is 869. The van der Waals surface area contributed by atoms with Crippen molar-refractivity contribution in [1.82, 2.24) is 10.6 Å². The molecule has 2 amide bonds. The molecule has 0 spiro atoms. The Morgan fingerprint density at radius 3 is 2.70 bits per heavy atom. The highest BCUT2D eigenvalue weighted by molar-refractivity contribution is 6.05. The van der Waals surface area contributed by atoms with E-state index in [2.05, 4.69) is 10.6 Å². The van der Waals surface area contributed by atoms with Crippen molar-refractivity contribution in [3.63, 3.8) is 0 Å². The molecule has 1 aromatic heterocycles. The first-order valence-electron chi connectivity index (χ1n) is 9.52. The maximum atomic E-state index is 12.9. The first-order chi connectivity index (χ1) is 13.1. The Labute approximate surface area is 158 Å². The van der Waals surface area contributed by atoms with Crippen molar-refractivity contribution in [1.29, 1.82) is 0 Å². The van der Waals surface area contributed by atoms with Crippen LogP contribution in [0.3, 0.4) is 0 Å². The number of benzene rings is 1. The van der Waals surface area contributed by atoms with Crippen LogP contribution in [0.25, 0.3) is 6.08 Å². The smallest absolute Gasteiger partial charge is 0.268 e. The SMILES string of the molecule is Cc1cccc(C(=O)N/C(=C\c2ccco2)C(=O)N[C@H]2C[C@@H]3CC[C@@H]2C3)c1. The molecule has 2 bridgehead atoms. The third-order valence-corrected chi connectivity index (χ3v) is 5.66. The Hall–Kier alpha value is -2.82. The van der Waals surface area contributed by atoms with Crippen LogP contribution in [-0.4, -0.2) is 17.9 Å². The average molecular weight is 364 g/mol. The van der Waals surface area contributed by atoms with E-state index in [9.17, 15) is 9.59 Å². The molecule has 2 aliphatic carbocycles. The predicted molar refractivity (Wildman–Crippen MR) is 103 cm³/mol. The third-order valence-electron chi connectivity index (χ3n) is 5.66. The Kier molecular flexibility index (Phi) is 4.84. The molecule has 1 aromatic carbocycles. The van der Waals surface area contributed by atoms with Crippen LogP contribution in [0.4, 0.5) is 0 Å². The van der Waals surface area contributed by atoms with Gasteiger partial charge in [0, 0.05) is 17.7 Å². The van der Waals surface area contributed by atoms with Crippen molar-refractivity contribution in [3.05, 3.63) is 65.2 Å². The standard InChI is InChI=1S/C22H24N2O3/c1-14-4-2-5-17(10-14)21(25)24-20(13-18-6-3-9-27-18)22(26)23-19-12-15-7-8-16(19)11-15/h2-6,9-10,13,15-16,19H,7-8,11-12H2,1H3,(H,23,26)(H,24,25)/b20-13-/t15-,16-,19+/m1/s1. The van der Waals surface area contributed by atoms with Crippen LogP contribution >= 0.6 is 0 Å². The lowest BCUT2D eigenvalue weighted by Gasteiger charge is -2.23. The number of hydrogen-bond donors (Lipinski definition) is 2. The molecule has 0 radical (unpaired) electrons. The van der Waals surface area contributed by atoms with Crippen LogP contribution in [0, 0.1) is 18.8 Å². The zero-order chi connectivity index (χ0) is 18.8. The summed E-state index contributed by atoms with van der Waals surface area (Å²) in [6, 6.07) is 11.0. The summed E-state index contributed by atoms with van der Waals surface area (Å²) < 4.78 is 5.33. The van der Waals surface area contributed by atoms with Gasteiger partial charge in [0.2, 0.25) is 0 Å². The molecule has 2 aliphatic rings. The first-order valence-corrected chi connectivity index (χ1v) is 9.52. The van der Waals surface area contributed by atoms with Crippen molar-refractivity contribution in [2.75, 3.05) is 0 Å². The molecule has 3 atom stereocenters. The van der Waals surface area contributed by atoms with Crippen LogP contribution in [0.15, 0.2) is 52.8 Å². The van der Waals surface area contributed by atoms with Crippen molar-refractivity contribution in [2.24, 2.45) is 11.8 Å². The maximum Gasteiger partial charge on any atom is 0.268 e. The molecule has 27 heavy (non-hydrogen) atoms. The minimum Gasteiger partial charge on any atom is -0.465 e. The molecule has 2 N–H and O–H groups in total. The lowest BCUT2D eigenvalue weighted by molar-refractivity contribution is -0.118. The zero-order valence-electron chi connectivity index (χ0n) is 15.4. The van der Waals surface area contributed by atoms with Gasteiger partial charge in [-0.25, -0.2) is 0 Å². The molecule has 0 saturated heterocycles. The van der Waals surface area contributed by atoms with E-state index in [4.69, 9.17) is 4.42 Å². The van der Waals surface area contributed by atoms with E-state index < -0.39 is 0 Å². The zero-order valence-corrected chi connectivity index (χ0v) is 15.4. The normalized spacial score (nSPS) is 24.0. The summed E-state index contributed by atoms with van der Waals surface area (Å²) >= 11 is 0. The van der Waals surface area contributed by atoms with Crippen LogP contribution in [0.1, 0.15) is 47.4 Å². The van der Waals surface area contributed by atoms with Crippen molar-refractivity contribution >= 4 is 17.9 Å². The fraction of sp³-hybridized carbons (Fsp3) is 0.364. The second-order valence-corrected chi connectivity index (χ2v) is 7.65. The summed E-state index contributed by atoms with van der Waals surface area (Å²) in [7, 11) is 0. The Morgan fingerprint density at radius 1 is 1.15 bits per heavy atom. The van der Waals surface area contributed by atoms with Gasteiger partial charge >= 0.3 is 0 Å². The highest BCUT2D eigenvalue weighted by Gasteiger charge is 2.40. The number of carbonyl (C=O) groups excluding carboxylic acids is 2. The summed E-state index contributed by atoms with van der Waals surface area (Å²) in [6.07, 6.45) is 7.82. The largest absolute Gasteiger partial charge is 0.465 e. The molecule has 4 rings (SSSR count). The van der Waals surface area contributed by atoms with Gasteiger partial charge in [0.05, 0.1) is 6.26 Å². The minimum absolute atomic E-state index is 0.201. The van der Waals surface area contributed by atoms with E-state index >= 15 is 0 Å². The number of nitrogens with one attached hydrogen (secondary N) is 2. The van der Waals surface area contributed by atoms with E-state index in [0.717, 1.165) is 17.9 Å². The Morgan fingerprint density at radius 2 is 2.04 bits per heavy atom. The fourth-order valence-corrected chi connectivity index (χ4v) is 4.32. The van der Waals surface area contributed by atoms with Crippen molar-refractivity contribution in [2.45, 2.75) is 38.6 Å². The van der Waals surface area contributed by atoms with Gasteiger partial charge in [-0.1, -0.05) is 24.1 Å². The molecule has 1 heterocycles. The fourth-order valence-electron chi connectivity index (χ4n) is 4.32. The van der Waals surface area contributed by atoms with Gasteiger partial charge < -0.3 is 15.1 Å². The second-order valence-electron chi connectivity index (χ2n) is 7.65. The number of fused-ring (bicyclic) bond motifs is 2. The molecular formula is C22H24N2O3. The quantitative estimate of drug-likeness (QED) is 0.796. The summed E-state index contributed by atoms with van der Waals surface area (Å²) in [6.45, 7) is 1.93. The lowest BCUT2D eigenvalue weighted by atomic mass is 9.95. The molecule has 2 aromatic rings. The lowest BCUT2D eigenvalue weighted by Crippen LogP contribution is -2.42. The number of amides is 2. The van der Waals surface area contributed by atoms with Crippen molar-refractivity contribution in [3.8, 4) is 0 Å². The number of rotatable bonds is 5. The number of furan rings is 1. The van der Waals surface area contributed by atoms with E-state index in [1.165, 1.54) is 19.3 Å². The minimum atomic E-state index is -0.306. The van der Waals surface area contributed by atoms with Gasteiger partial charge in [0.1, 0.15) is 11.5 Å². The molecule has 0 aliphatic heterocycles. The second kappa shape index (κ2) is 7.43. The van der Waals surface area contributed by atoms with Gasteiger partial charge in [0.15, 0.2) is 0 Å². The van der Waals surface area contributed by atoms with Gasteiger partial charge in [-0.05, 0) is 62.3 Å². The van der Waals surface area contributed by atoms with Crippen LogP contribution in [0.5, 0.6) is 0 Å². The number of carbonyl (C=O) groups is 2. The molecule has 5 nitrogen and oxygen atoms in total. The van der Waals surface area contributed by atoms with Gasteiger partial charge in [-0.3, -0.25) is 9.59 Å². The summed E-state index contributed by atoms with van der Waals surface area (Å²) in [5.41, 5.74) is 1.72. The molecular weight excluding hydrogens is 340 g/mol. The summed E-state index contributed by atoms with van der Waals surface area (Å²) in [5.74, 6) is 1.26. The molecule has 140 valence electrons. The van der Waals surface area contributed by atoms with E-state index in [1.807, 2.05) is 19.1 Å². The van der Waals surface area contributed by atoms with Crippen LogP contribution in [-0.2, 0) is 4.79 Å².